The van der Waals surface area contributed by atoms with Crippen LogP contribution in [0.4, 0.5) is 5.82 Å². The van der Waals surface area contributed by atoms with E-state index in [1.165, 1.54) is 31.4 Å². The van der Waals surface area contributed by atoms with E-state index < -0.39 is 10.0 Å². The van der Waals surface area contributed by atoms with Crippen LogP contribution in [-0.2, 0) is 10.0 Å². The van der Waals surface area contributed by atoms with Crippen LogP contribution in [-0.4, -0.2) is 49.5 Å². The molecule has 0 bridgehead atoms. The quantitative estimate of drug-likeness (QED) is 0.641. The van der Waals surface area contributed by atoms with Crippen LogP contribution >= 0.6 is 0 Å². The first kappa shape index (κ1) is 19.6. The standard InChI is InChI=1S/C21H24N4O3S/c26-29(27,17-9-3-1-4-10-17)24-20-21(23-19-12-6-5-11-18(19)22-20)28-16-15-25-13-7-2-8-14-25/h1,3-6,9-12H,2,7-8,13-16H2,(H,22,24). The van der Waals surface area contributed by atoms with Gasteiger partial charge in [0.25, 0.3) is 15.9 Å². The van der Waals surface area contributed by atoms with Gasteiger partial charge in [0, 0.05) is 6.54 Å². The van der Waals surface area contributed by atoms with Crippen LogP contribution in [0.25, 0.3) is 11.0 Å². The number of nitrogens with zero attached hydrogens (tertiary/aromatic N) is 3. The average molecular weight is 413 g/mol. The van der Waals surface area contributed by atoms with Gasteiger partial charge in [-0.15, -0.1) is 0 Å². The number of hydrogen-bond donors (Lipinski definition) is 1. The minimum Gasteiger partial charge on any atom is -0.474 e. The Balaban J connectivity index is 1.58. The number of anilines is 1. The Hall–Kier alpha value is -2.71. The van der Waals surface area contributed by atoms with Gasteiger partial charge in [0.2, 0.25) is 5.82 Å². The van der Waals surface area contributed by atoms with Crippen LogP contribution < -0.4 is 9.46 Å². The lowest BCUT2D eigenvalue weighted by atomic mass is 10.1. The normalized spacial score (nSPS) is 15.3. The fraction of sp³-hybridized carbons (Fsp3) is 0.333. The maximum atomic E-state index is 12.8. The number of sulfonamides is 1. The highest BCUT2D eigenvalue weighted by molar-refractivity contribution is 7.92. The molecule has 0 unspecified atom stereocenters. The lowest BCUT2D eigenvalue weighted by Crippen LogP contribution is -2.33. The van der Waals surface area contributed by atoms with Crippen LogP contribution in [0.5, 0.6) is 5.88 Å². The van der Waals surface area contributed by atoms with Crippen molar-refractivity contribution >= 4 is 26.9 Å². The molecule has 3 aromatic rings. The molecule has 0 atom stereocenters. The van der Waals surface area contributed by atoms with Gasteiger partial charge in [-0.2, -0.15) is 0 Å². The molecule has 0 amide bonds. The Kier molecular flexibility index (Phi) is 5.92. The third kappa shape index (κ3) is 4.83. The summed E-state index contributed by atoms with van der Waals surface area (Å²) in [5, 5.41) is 0. The Bertz CT molecular complexity index is 1070. The first-order valence-corrected chi connectivity index (χ1v) is 11.3. The molecule has 1 fully saturated rings. The van der Waals surface area contributed by atoms with Crippen molar-refractivity contribution in [1.82, 2.24) is 14.9 Å². The summed E-state index contributed by atoms with van der Waals surface area (Å²) in [7, 11) is -3.79. The Morgan fingerprint density at radius 3 is 2.28 bits per heavy atom. The van der Waals surface area contributed by atoms with Crippen LogP contribution in [0.15, 0.2) is 59.5 Å². The smallest absolute Gasteiger partial charge is 0.263 e. The number of benzene rings is 2. The zero-order valence-corrected chi connectivity index (χ0v) is 16.9. The SMILES string of the molecule is O=S(=O)(Nc1nc2ccccc2nc1OCCN1CCCCC1)c1ccccc1. The van der Waals surface area contributed by atoms with Crippen molar-refractivity contribution < 1.29 is 13.2 Å². The van der Waals surface area contributed by atoms with Gasteiger partial charge in [-0.3, -0.25) is 9.62 Å². The molecule has 0 aliphatic carbocycles. The predicted octanol–water partition coefficient (Wildman–Crippen LogP) is 3.30. The van der Waals surface area contributed by atoms with Crippen LogP contribution in [0.1, 0.15) is 19.3 Å². The largest absolute Gasteiger partial charge is 0.474 e. The van der Waals surface area contributed by atoms with Crippen molar-refractivity contribution in [3.63, 3.8) is 0 Å². The Morgan fingerprint density at radius 2 is 1.55 bits per heavy atom. The number of likely N-dealkylation sites (tertiary alicyclic amines) is 1. The number of nitrogens with one attached hydrogen (secondary N) is 1. The highest BCUT2D eigenvalue weighted by atomic mass is 32.2. The topological polar surface area (TPSA) is 84.4 Å². The molecule has 1 aliphatic rings. The third-order valence-electron chi connectivity index (χ3n) is 4.92. The summed E-state index contributed by atoms with van der Waals surface area (Å²) in [5.74, 6) is 0.298. The maximum Gasteiger partial charge on any atom is 0.263 e. The van der Waals surface area contributed by atoms with Gasteiger partial charge < -0.3 is 4.74 Å². The van der Waals surface area contributed by atoms with E-state index in [-0.39, 0.29) is 16.6 Å². The van der Waals surface area contributed by atoms with Gasteiger partial charge in [0.1, 0.15) is 6.61 Å². The molecule has 4 rings (SSSR count). The van der Waals surface area contributed by atoms with E-state index in [0.29, 0.717) is 17.6 Å². The second-order valence-corrected chi connectivity index (χ2v) is 8.72. The van der Waals surface area contributed by atoms with Crippen LogP contribution in [0.2, 0.25) is 0 Å². The molecule has 7 nitrogen and oxygen atoms in total. The predicted molar refractivity (Wildman–Crippen MR) is 113 cm³/mol. The number of fused-ring (bicyclic) bond motifs is 1. The summed E-state index contributed by atoms with van der Waals surface area (Å²) in [5.41, 5.74) is 1.25. The van der Waals surface area contributed by atoms with E-state index in [2.05, 4.69) is 19.6 Å². The molecule has 0 saturated carbocycles. The number of hydrogen-bond acceptors (Lipinski definition) is 6. The summed E-state index contributed by atoms with van der Waals surface area (Å²) in [6.45, 7) is 3.34. The highest BCUT2D eigenvalue weighted by Gasteiger charge is 2.20. The van der Waals surface area contributed by atoms with Crippen molar-refractivity contribution in [2.45, 2.75) is 24.2 Å². The molecule has 1 aromatic heterocycles. The van der Waals surface area contributed by atoms with Crippen molar-refractivity contribution in [3.8, 4) is 5.88 Å². The van der Waals surface area contributed by atoms with Crippen LogP contribution in [0, 0.1) is 0 Å². The summed E-state index contributed by atoms with van der Waals surface area (Å²) >= 11 is 0. The molecule has 1 saturated heterocycles. The molecule has 1 aliphatic heterocycles. The second-order valence-electron chi connectivity index (χ2n) is 7.04. The first-order valence-electron chi connectivity index (χ1n) is 9.82. The molecular weight excluding hydrogens is 388 g/mol. The molecule has 0 radical (unpaired) electrons. The number of rotatable bonds is 7. The first-order chi connectivity index (χ1) is 14.1. The van der Waals surface area contributed by atoms with Gasteiger partial charge in [-0.05, 0) is 50.2 Å². The van der Waals surface area contributed by atoms with Crippen molar-refractivity contribution in [2.75, 3.05) is 31.0 Å². The third-order valence-corrected chi connectivity index (χ3v) is 6.27. The summed E-state index contributed by atoms with van der Waals surface area (Å²) < 4.78 is 34.0. The summed E-state index contributed by atoms with van der Waals surface area (Å²) in [6.07, 6.45) is 3.69. The van der Waals surface area contributed by atoms with E-state index >= 15 is 0 Å². The number of aromatic nitrogens is 2. The second kappa shape index (κ2) is 8.75. The lowest BCUT2D eigenvalue weighted by molar-refractivity contribution is 0.181. The van der Waals surface area contributed by atoms with Gasteiger partial charge in [0.15, 0.2) is 0 Å². The summed E-state index contributed by atoms with van der Waals surface area (Å²) in [6, 6.07) is 15.5. The maximum absolute atomic E-state index is 12.8. The zero-order valence-electron chi connectivity index (χ0n) is 16.1. The molecular formula is C21H24N4O3S. The molecule has 8 heteroatoms. The fourth-order valence-electron chi connectivity index (χ4n) is 3.39. The minimum atomic E-state index is -3.79. The Labute approximate surface area is 170 Å². The summed E-state index contributed by atoms with van der Waals surface area (Å²) in [4.78, 5) is 11.5. The molecule has 0 spiro atoms. The van der Waals surface area contributed by atoms with E-state index in [0.717, 1.165) is 19.6 Å². The zero-order chi connectivity index (χ0) is 20.1. The van der Waals surface area contributed by atoms with E-state index in [9.17, 15) is 8.42 Å². The van der Waals surface area contributed by atoms with Crippen LogP contribution in [0.3, 0.4) is 0 Å². The van der Waals surface area contributed by atoms with Gasteiger partial charge in [-0.1, -0.05) is 36.8 Å². The highest BCUT2D eigenvalue weighted by Crippen LogP contribution is 2.26. The van der Waals surface area contributed by atoms with Gasteiger partial charge >= 0.3 is 0 Å². The van der Waals surface area contributed by atoms with E-state index in [1.807, 2.05) is 18.2 Å². The lowest BCUT2D eigenvalue weighted by Gasteiger charge is -2.26. The van der Waals surface area contributed by atoms with E-state index in [1.54, 1.807) is 24.3 Å². The van der Waals surface area contributed by atoms with Gasteiger partial charge in [0.05, 0.1) is 15.9 Å². The molecule has 2 aromatic carbocycles. The van der Waals surface area contributed by atoms with Crippen molar-refractivity contribution in [3.05, 3.63) is 54.6 Å². The molecule has 152 valence electrons. The van der Waals surface area contributed by atoms with Crippen molar-refractivity contribution in [2.24, 2.45) is 0 Å². The molecule has 29 heavy (non-hydrogen) atoms. The number of para-hydroxylation sites is 2. The molecule has 1 N–H and O–H groups in total. The minimum absolute atomic E-state index is 0.103. The van der Waals surface area contributed by atoms with E-state index in [4.69, 9.17) is 4.74 Å². The number of piperidine rings is 1. The van der Waals surface area contributed by atoms with Crippen molar-refractivity contribution in [1.29, 1.82) is 0 Å². The monoisotopic (exact) mass is 412 g/mol. The number of ether oxygens (including phenoxy) is 1. The Morgan fingerprint density at radius 1 is 0.897 bits per heavy atom. The molecule has 2 heterocycles. The fourth-order valence-corrected chi connectivity index (χ4v) is 4.41. The van der Waals surface area contributed by atoms with Gasteiger partial charge in [-0.25, -0.2) is 18.4 Å². The average Bonchev–Trinajstić information content (AvgIpc) is 2.75.